The van der Waals surface area contributed by atoms with E-state index >= 15 is 0 Å². The number of hydrogen-bond acceptors (Lipinski definition) is 5. The Morgan fingerprint density at radius 3 is 2.79 bits per heavy atom. The molecule has 1 heterocycles. The molecule has 3 N–H and O–H groups in total. The van der Waals surface area contributed by atoms with Crippen LogP contribution in [-0.4, -0.2) is 35.8 Å². The van der Waals surface area contributed by atoms with Crippen molar-refractivity contribution in [3.8, 4) is 11.5 Å². The van der Waals surface area contributed by atoms with Crippen molar-refractivity contribution in [3.05, 3.63) is 23.8 Å². The highest BCUT2D eigenvalue weighted by Gasteiger charge is 2.22. The zero-order valence-corrected chi connectivity index (χ0v) is 11.5. The first-order valence-corrected chi connectivity index (χ1v) is 7.15. The van der Waals surface area contributed by atoms with Crippen LogP contribution in [0.15, 0.2) is 18.2 Å². The van der Waals surface area contributed by atoms with Crippen LogP contribution in [0.2, 0.25) is 0 Å². The molecule has 0 bridgehead atoms. The van der Waals surface area contributed by atoms with Crippen molar-refractivity contribution in [1.29, 1.82) is 0 Å². The molecule has 0 aliphatic carbocycles. The maximum absolute atomic E-state index is 10.7. The molecular formula is C13H17NO4S. The Balaban J connectivity index is 2.16. The van der Waals surface area contributed by atoms with Crippen LogP contribution in [-0.2, 0) is 4.79 Å². The fourth-order valence-electron chi connectivity index (χ4n) is 1.78. The number of aliphatic carboxylic acids is 1. The van der Waals surface area contributed by atoms with Crippen LogP contribution in [0.25, 0.3) is 0 Å². The summed E-state index contributed by atoms with van der Waals surface area (Å²) in [4.78, 5) is 10.7. The highest BCUT2D eigenvalue weighted by molar-refractivity contribution is 8.00. The zero-order chi connectivity index (χ0) is 13.8. The van der Waals surface area contributed by atoms with Crippen molar-refractivity contribution < 1.29 is 19.4 Å². The minimum absolute atomic E-state index is 0.106. The summed E-state index contributed by atoms with van der Waals surface area (Å²) < 4.78 is 11.1. The molecule has 2 rings (SSSR count). The first kappa shape index (κ1) is 14.0. The van der Waals surface area contributed by atoms with Crippen molar-refractivity contribution in [2.75, 3.05) is 18.6 Å². The van der Waals surface area contributed by atoms with E-state index in [1.807, 2.05) is 11.8 Å². The molecule has 1 fully saturated rings. The van der Waals surface area contributed by atoms with Gasteiger partial charge in [0.1, 0.15) is 6.10 Å². The molecule has 104 valence electrons. The highest BCUT2D eigenvalue weighted by Crippen LogP contribution is 2.33. The minimum Gasteiger partial charge on any atom is -0.493 e. The predicted octanol–water partition coefficient (Wildman–Crippen LogP) is 1.66. The normalized spacial score (nSPS) is 16.5. The number of methoxy groups -OCH3 is 1. The molecule has 19 heavy (non-hydrogen) atoms. The molecule has 1 aromatic carbocycles. The summed E-state index contributed by atoms with van der Waals surface area (Å²) >= 11 is 1.83. The third-order valence-electron chi connectivity index (χ3n) is 2.91. The Labute approximate surface area is 116 Å². The van der Waals surface area contributed by atoms with Crippen LogP contribution in [0.1, 0.15) is 18.0 Å². The van der Waals surface area contributed by atoms with Crippen molar-refractivity contribution in [3.63, 3.8) is 0 Å². The van der Waals surface area contributed by atoms with Crippen LogP contribution >= 0.6 is 11.8 Å². The number of carboxylic acids is 1. The van der Waals surface area contributed by atoms with Gasteiger partial charge in [0.15, 0.2) is 11.5 Å². The predicted molar refractivity (Wildman–Crippen MR) is 73.9 cm³/mol. The summed E-state index contributed by atoms with van der Waals surface area (Å²) in [5.41, 5.74) is 6.59. The Bertz CT molecular complexity index is 462. The Morgan fingerprint density at radius 1 is 1.53 bits per heavy atom. The van der Waals surface area contributed by atoms with Gasteiger partial charge in [-0.2, -0.15) is 11.8 Å². The molecule has 1 aliphatic heterocycles. The maximum atomic E-state index is 10.7. The van der Waals surface area contributed by atoms with Gasteiger partial charge in [0.2, 0.25) is 0 Å². The van der Waals surface area contributed by atoms with E-state index in [9.17, 15) is 4.79 Å². The lowest BCUT2D eigenvalue weighted by Crippen LogP contribution is -2.31. The van der Waals surface area contributed by atoms with Gasteiger partial charge >= 0.3 is 5.97 Å². The van der Waals surface area contributed by atoms with Gasteiger partial charge in [-0.1, -0.05) is 6.07 Å². The molecule has 6 heteroatoms. The summed E-state index contributed by atoms with van der Waals surface area (Å²) in [6.07, 6.45) is 0.0928. The van der Waals surface area contributed by atoms with Crippen molar-refractivity contribution in [1.82, 2.24) is 0 Å². The molecule has 0 saturated carbocycles. The number of carboxylic acid groups (broad SMARTS) is 1. The molecular weight excluding hydrogens is 266 g/mol. The average molecular weight is 283 g/mol. The SMILES string of the molecule is COc1ccc(C(N)CC(=O)O)cc1OC1CSC1. The lowest BCUT2D eigenvalue weighted by molar-refractivity contribution is -0.137. The van der Waals surface area contributed by atoms with Gasteiger partial charge in [0.05, 0.1) is 13.5 Å². The van der Waals surface area contributed by atoms with Crippen LogP contribution < -0.4 is 15.2 Å². The van der Waals surface area contributed by atoms with E-state index in [0.29, 0.717) is 11.5 Å². The number of nitrogens with two attached hydrogens (primary N) is 1. The Kier molecular flexibility index (Phi) is 4.55. The van der Waals surface area contributed by atoms with E-state index in [4.69, 9.17) is 20.3 Å². The first-order chi connectivity index (χ1) is 9.10. The highest BCUT2D eigenvalue weighted by atomic mass is 32.2. The fraction of sp³-hybridized carbons (Fsp3) is 0.462. The standard InChI is InChI=1S/C13H17NO4S/c1-17-11-3-2-8(10(14)5-13(15)16)4-12(11)18-9-6-19-7-9/h2-4,9-10H,5-7,14H2,1H3,(H,15,16). The zero-order valence-electron chi connectivity index (χ0n) is 10.7. The van der Waals surface area contributed by atoms with Gasteiger partial charge in [0, 0.05) is 17.5 Å². The quantitative estimate of drug-likeness (QED) is 0.826. The smallest absolute Gasteiger partial charge is 0.305 e. The molecule has 0 amide bonds. The molecule has 0 aromatic heterocycles. The summed E-state index contributed by atoms with van der Waals surface area (Å²) in [6, 6.07) is 4.77. The monoisotopic (exact) mass is 283 g/mol. The molecule has 1 aliphatic rings. The number of rotatable bonds is 6. The molecule has 1 saturated heterocycles. The molecule has 1 unspecified atom stereocenters. The lowest BCUT2D eigenvalue weighted by atomic mass is 10.0. The van der Waals surface area contributed by atoms with E-state index in [1.165, 1.54) is 0 Å². The van der Waals surface area contributed by atoms with Gasteiger partial charge in [-0.25, -0.2) is 0 Å². The second kappa shape index (κ2) is 6.16. The summed E-state index contributed by atoms with van der Waals surface area (Å²) in [5, 5.41) is 8.77. The Hall–Kier alpha value is -1.40. The molecule has 5 nitrogen and oxygen atoms in total. The summed E-state index contributed by atoms with van der Waals surface area (Å²) in [6.45, 7) is 0. The third-order valence-corrected chi connectivity index (χ3v) is 4.13. The van der Waals surface area contributed by atoms with E-state index in [-0.39, 0.29) is 12.5 Å². The van der Waals surface area contributed by atoms with Crippen molar-refractivity contribution in [2.24, 2.45) is 5.73 Å². The molecule has 0 spiro atoms. The minimum atomic E-state index is -0.916. The second-order valence-corrected chi connectivity index (χ2v) is 5.47. The number of carbonyl (C=O) groups is 1. The second-order valence-electron chi connectivity index (χ2n) is 4.39. The number of ether oxygens (including phenoxy) is 2. The van der Waals surface area contributed by atoms with E-state index in [0.717, 1.165) is 17.1 Å². The van der Waals surface area contributed by atoms with Crippen molar-refractivity contribution in [2.45, 2.75) is 18.6 Å². The van der Waals surface area contributed by atoms with Gasteiger partial charge in [-0.05, 0) is 17.7 Å². The van der Waals surface area contributed by atoms with E-state index in [1.54, 1.807) is 25.3 Å². The van der Waals surface area contributed by atoms with E-state index in [2.05, 4.69) is 0 Å². The van der Waals surface area contributed by atoms with E-state index < -0.39 is 12.0 Å². The van der Waals surface area contributed by atoms with Crippen LogP contribution in [0.4, 0.5) is 0 Å². The third kappa shape index (κ3) is 3.54. The molecule has 0 radical (unpaired) electrons. The fourth-order valence-corrected chi connectivity index (χ4v) is 2.35. The van der Waals surface area contributed by atoms with Crippen LogP contribution in [0, 0.1) is 0 Å². The van der Waals surface area contributed by atoms with Crippen LogP contribution in [0.3, 0.4) is 0 Å². The van der Waals surface area contributed by atoms with Gasteiger partial charge in [-0.15, -0.1) is 0 Å². The van der Waals surface area contributed by atoms with Gasteiger partial charge in [-0.3, -0.25) is 4.79 Å². The summed E-state index contributed by atoms with van der Waals surface area (Å²) in [7, 11) is 1.58. The number of thioether (sulfide) groups is 1. The lowest BCUT2D eigenvalue weighted by Gasteiger charge is -2.27. The summed E-state index contributed by atoms with van der Waals surface area (Å²) in [5.74, 6) is 2.29. The number of benzene rings is 1. The molecule has 1 aromatic rings. The Morgan fingerprint density at radius 2 is 2.26 bits per heavy atom. The maximum Gasteiger partial charge on any atom is 0.305 e. The first-order valence-electron chi connectivity index (χ1n) is 6.00. The van der Waals surface area contributed by atoms with Gasteiger partial charge in [0.25, 0.3) is 0 Å². The van der Waals surface area contributed by atoms with Crippen LogP contribution in [0.5, 0.6) is 11.5 Å². The topological polar surface area (TPSA) is 81.8 Å². The van der Waals surface area contributed by atoms with Gasteiger partial charge < -0.3 is 20.3 Å². The molecule has 1 atom stereocenters. The number of hydrogen-bond donors (Lipinski definition) is 2. The average Bonchev–Trinajstić information content (AvgIpc) is 2.32. The van der Waals surface area contributed by atoms with Crippen molar-refractivity contribution >= 4 is 17.7 Å². The largest absolute Gasteiger partial charge is 0.493 e.